The lowest BCUT2D eigenvalue weighted by molar-refractivity contribution is 0.459. The quantitative estimate of drug-likeness (QED) is 0.137. The lowest BCUT2D eigenvalue weighted by atomic mass is 9.85. The maximum Gasteiger partial charge on any atom is 0.569 e. The van der Waals surface area contributed by atoms with Crippen LogP contribution in [0.15, 0.2) is 292 Å². The van der Waals surface area contributed by atoms with E-state index in [-0.39, 0.29) is 0 Å². The first-order chi connectivity index (χ1) is 42.5. The Labute approximate surface area is 502 Å². The Hall–Kier alpha value is -10.6. The van der Waals surface area contributed by atoms with E-state index < -0.39 is 0 Å². The summed E-state index contributed by atoms with van der Waals surface area (Å²) in [5, 5.41) is 29.9. The molecule has 8 heteroatoms. The maximum absolute atomic E-state index is 9.30. The summed E-state index contributed by atoms with van der Waals surface area (Å²) in [6.45, 7) is 0. The molecule has 403 valence electrons. The standard InChI is InChI=1S/C39H23NO.C24H16BO2.C15H8BrNO/c1-2-10-25-21-27(18-17-24(25)9-1)37-29-12-4-6-14-31(29)38(32-15-7-5-13-30(32)37)28-19-20-36-33(23-28)34-22-26-11-3-8-16-35(26)40-39(34)41-36;26-25-27-24-21-11-5-3-9-19(21)23(20-10-4-6-12-22(20)24)18-14-13-16-7-1-2-8-17(16)15-18;16-10-5-6-14-11(8-10)12-7-9-3-1-2-4-13(9)17-15(12)18-14/h1-23H;1-15,26H;1-8H. The summed E-state index contributed by atoms with van der Waals surface area (Å²) in [7, 11) is 0.754. The molecule has 18 rings (SSSR count). The van der Waals surface area contributed by atoms with Crippen LogP contribution in [0.25, 0.3) is 164 Å². The molecule has 0 fully saturated rings. The molecule has 1 N–H and O–H groups in total. The molecule has 0 atom stereocenters. The highest BCUT2D eigenvalue weighted by atomic mass is 79.9. The van der Waals surface area contributed by atoms with Crippen LogP contribution in [-0.2, 0) is 0 Å². The SMILES string of the molecule is Brc1ccc2oc3nc4ccccc4cc3c2c1.O[B]Oc1c2ccccc2c(-c2ccc3ccccc3c2)c2ccccc12.c1ccc2cc(-c3c4ccccc4c(-c4ccc5oc6nc7ccccc7cc6c5c4)c4ccccc34)ccc2c1. The lowest BCUT2D eigenvalue weighted by Gasteiger charge is -2.18. The van der Waals surface area contributed by atoms with Crippen LogP contribution in [0.5, 0.6) is 5.75 Å². The van der Waals surface area contributed by atoms with Gasteiger partial charge in [0.2, 0.25) is 11.4 Å². The molecule has 0 spiro atoms. The van der Waals surface area contributed by atoms with Crippen LogP contribution in [0.3, 0.4) is 0 Å². The van der Waals surface area contributed by atoms with Gasteiger partial charge < -0.3 is 18.5 Å². The first-order valence-electron chi connectivity index (χ1n) is 28.6. The van der Waals surface area contributed by atoms with Crippen molar-refractivity contribution in [2.45, 2.75) is 0 Å². The van der Waals surface area contributed by atoms with Gasteiger partial charge >= 0.3 is 7.69 Å². The van der Waals surface area contributed by atoms with Crippen molar-refractivity contribution in [2.75, 3.05) is 0 Å². The fourth-order valence-electron chi connectivity index (χ4n) is 12.8. The second-order valence-electron chi connectivity index (χ2n) is 21.6. The van der Waals surface area contributed by atoms with Crippen molar-refractivity contribution >= 4 is 154 Å². The van der Waals surface area contributed by atoms with Crippen molar-refractivity contribution in [1.82, 2.24) is 9.97 Å². The highest BCUT2D eigenvalue weighted by Crippen LogP contribution is 2.47. The number of para-hydroxylation sites is 2. The van der Waals surface area contributed by atoms with E-state index in [1.807, 2.05) is 78.9 Å². The van der Waals surface area contributed by atoms with Gasteiger partial charge in [-0.2, -0.15) is 0 Å². The molecule has 0 aliphatic carbocycles. The first kappa shape index (κ1) is 51.0. The van der Waals surface area contributed by atoms with Gasteiger partial charge in [0.25, 0.3) is 0 Å². The number of benzene rings is 14. The number of aromatic nitrogens is 2. The fraction of sp³-hybridized carbons (Fsp3) is 0. The van der Waals surface area contributed by atoms with Crippen molar-refractivity contribution in [1.29, 1.82) is 0 Å². The zero-order valence-electron chi connectivity index (χ0n) is 46.1. The Morgan fingerprint density at radius 2 is 0.651 bits per heavy atom. The minimum atomic E-state index is 0.674. The third-order valence-corrected chi connectivity index (χ3v) is 17.1. The molecule has 4 heterocycles. The summed E-state index contributed by atoms with van der Waals surface area (Å²) < 4.78 is 18.6. The number of rotatable bonds is 5. The average Bonchev–Trinajstić information content (AvgIpc) is 1.31. The number of halogens is 1. The Balaban J connectivity index is 0.000000114. The summed E-state index contributed by atoms with van der Waals surface area (Å²) >= 11 is 3.49. The number of hydrogen-bond donors (Lipinski definition) is 1. The zero-order valence-corrected chi connectivity index (χ0v) is 47.7. The topological polar surface area (TPSA) is 81.5 Å². The fourth-order valence-corrected chi connectivity index (χ4v) is 13.1. The number of fused-ring (bicyclic) bond motifs is 14. The molecule has 14 aromatic carbocycles. The molecule has 4 aromatic heterocycles. The predicted octanol–water partition coefficient (Wildman–Crippen LogP) is 21.5. The number of furan rings is 2. The number of hydrogen-bond acceptors (Lipinski definition) is 6. The molecule has 0 saturated heterocycles. The van der Waals surface area contributed by atoms with E-state index in [1.54, 1.807) is 0 Å². The molecular formula is C78H47BBrN2O4. The summed E-state index contributed by atoms with van der Waals surface area (Å²) in [4.78, 5) is 9.38. The third kappa shape index (κ3) is 8.85. The van der Waals surface area contributed by atoms with Crippen LogP contribution in [0.2, 0.25) is 0 Å². The molecule has 0 aliphatic rings. The molecule has 1 radical (unpaired) electrons. The molecule has 6 nitrogen and oxygen atoms in total. The molecule has 0 aliphatic heterocycles. The van der Waals surface area contributed by atoms with Crippen LogP contribution in [-0.4, -0.2) is 22.7 Å². The molecule has 0 unspecified atom stereocenters. The van der Waals surface area contributed by atoms with E-state index in [0.717, 1.165) is 88.2 Å². The Morgan fingerprint density at radius 1 is 0.302 bits per heavy atom. The number of pyridine rings is 2. The van der Waals surface area contributed by atoms with E-state index in [9.17, 15) is 5.02 Å². The van der Waals surface area contributed by atoms with Gasteiger partial charge in [-0.05, 0) is 154 Å². The van der Waals surface area contributed by atoms with E-state index in [0.29, 0.717) is 17.2 Å². The van der Waals surface area contributed by atoms with Gasteiger partial charge in [0.1, 0.15) is 16.9 Å². The van der Waals surface area contributed by atoms with Crippen molar-refractivity contribution in [2.24, 2.45) is 0 Å². The minimum Gasteiger partial charge on any atom is -0.537 e. The summed E-state index contributed by atoms with van der Waals surface area (Å²) in [5.41, 5.74) is 12.3. The highest BCUT2D eigenvalue weighted by molar-refractivity contribution is 9.10. The van der Waals surface area contributed by atoms with Gasteiger partial charge in [-0.1, -0.05) is 228 Å². The van der Waals surface area contributed by atoms with Gasteiger partial charge in [-0.15, -0.1) is 0 Å². The van der Waals surface area contributed by atoms with Gasteiger partial charge in [0.05, 0.1) is 11.0 Å². The second-order valence-corrected chi connectivity index (χ2v) is 22.5. The summed E-state index contributed by atoms with van der Waals surface area (Å²) in [6.07, 6.45) is 0. The van der Waals surface area contributed by atoms with E-state index >= 15 is 0 Å². The molecule has 0 bridgehead atoms. The van der Waals surface area contributed by atoms with Crippen LogP contribution in [0.4, 0.5) is 0 Å². The zero-order chi connectivity index (χ0) is 57.2. The van der Waals surface area contributed by atoms with Crippen molar-refractivity contribution in [3.63, 3.8) is 0 Å². The van der Waals surface area contributed by atoms with Gasteiger partial charge in [-0.3, -0.25) is 0 Å². The molecule has 86 heavy (non-hydrogen) atoms. The van der Waals surface area contributed by atoms with Gasteiger partial charge in [-0.25, -0.2) is 9.97 Å². The maximum atomic E-state index is 9.30. The van der Waals surface area contributed by atoms with Crippen LogP contribution >= 0.6 is 15.9 Å². The summed E-state index contributed by atoms with van der Waals surface area (Å²) in [6, 6.07) is 97.5. The molecular weight excluding hydrogens is 1120 g/mol. The Morgan fingerprint density at radius 3 is 1.10 bits per heavy atom. The summed E-state index contributed by atoms with van der Waals surface area (Å²) in [5.74, 6) is 0.674. The molecule has 18 aromatic rings. The average molecular weight is 1170 g/mol. The predicted molar refractivity (Wildman–Crippen MR) is 362 cm³/mol. The van der Waals surface area contributed by atoms with Crippen LogP contribution in [0.1, 0.15) is 0 Å². The second kappa shape index (κ2) is 21.2. The van der Waals surface area contributed by atoms with Crippen LogP contribution in [0, 0.1) is 0 Å². The van der Waals surface area contributed by atoms with Crippen molar-refractivity contribution < 1.29 is 18.5 Å². The smallest absolute Gasteiger partial charge is 0.537 e. The van der Waals surface area contributed by atoms with Gasteiger partial charge in [0.15, 0.2) is 0 Å². The molecule has 0 saturated carbocycles. The van der Waals surface area contributed by atoms with Crippen molar-refractivity contribution in [3.05, 3.63) is 284 Å². The van der Waals surface area contributed by atoms with E-state index in [1.165, 1.54) is 76.5 Å². The minimum absolute atomic E-state index is 0.674. The van der Waals surface area contributed by atoms with Crippen LogP contribution < -0.4 is 4.65 Å². The normalized spacial score (nSPS) is 11.6. The monoisotopic (exact) mass is 1170 g/mol. The molecule has 0 amide bonds. The Bertz CT molecular complexity index is 5620. The lowest BCUT2D eigenvalue weighted by Crippen LogP contribution is -2.02. The van der Waals surface area contributed by atoms with Gasteiger partial charge in [0, 0.05) is 47.6 Å². The third-order valence-electron chi connectivity index (χ3n) is 16.6. The first-order valence-corrected chi connectivity index (χ1v) is 29.4. The van der Waals surface area contributed by atoms with E-state index in [4.69, 9.17) is 18.5 Å². The van der Waals surface area contributed by atoms with E-state index in [2.05, 4.69) is 221 Å². The highest BCUT2D eigenvalue weighted by Gasteiger charge is 2.20. The van der Waals surface area contributed by atoms with Crippen molar-refractivity contribution in [3.8, 4) is 39.1 Å². The Kier molecular flexibility index (Phi) is 12.6. The largest absolute Gasteiger partial charge is 0.569 e. The number of nitrogens with zero attached hydrogens (tertiary/aromatic N) is 2.